The van der Waals surface area contributed by atoms with Gasteiger partial charge in [0.2, 0.25) is 0 Å². The molecule has 1 aliphatic carbocycles. The van der Waals surface area contributed by atoms with E-state index in [0.29, 0.717) is 12.0 Å². The van der Waals surface area contributed by atoms with Crippen LogP contribution in [0.2, 0.25) is 5.15 Å². The highest BCUT2D eigenvalue weighted by molar-refractivity contribution is 6.32. The molecule has 1 N–H and O–H groups in total. The number of halogens is 1. The molecule has 0 unspecified atom stereocenters. The number of aromatic amines is 1. The van der Waals surface area contributed by atoms with Crippen LogP contribution in [0, 0.1) is 0 Å². The first-order chi connectivity index (χ1) is 8.75. The van der Waals surface area contributed by atoms with Crippen LogP contribution in [0.5, 0.6) is 0 Å². The van der Waals surface area contributed by atoms with E-state index in [0.717, 1.165) is 11.6 Å². The number of hydrogen-bond acceptors (Lipinski definition) is 1. The lowest BCUT2D eigenvalue weighted by molar-refractivity contribution is 0.157. The molecular formula is C15H17ClN2. The number of piperidine rings is 1. The highest BCUT2D eigenvalue weighted by Crippen LogP contribution is 2.44. The number of hydrogen-bond donors (Lipinski definition) is 1. The maximum atomic E-state index is 6.38. The smallest absolute Gasteiger partial charge is 0.110 e. The summed E-state index contributed by atoms with van der Waals surface area (Å²) in [5.74, 6) is 0.687. The maximum Gasteiger partial charge on any atom is 0.110 e. The van der Waals surface area contributed by atoms with Gasteiger partial charge in [-0.3, -0.25) is 0 Å². The molecule has 1 fully saturated rings. The Balaban J connectivity index is 1.98. The van der Waals surface area contributed by atoms with Crippen LogP contribution in [-0.2, 0) is 6.42 Å². The summed E-state index contributed by atoms with van der Waals surface area (Å²) in [4.78, 5) is 5.84. The summed E-state index contributed by atoms with van der Waals surface area (Å²) in [6.07, 6.45) is 3.72. The zero-order valence-electron chi connectivity index (χ0n) is 10.5. The quantitative estimate of drug-likeness (QED) is 0.768. The average molecular weight is 261 g/mol. The van der Waals surface area contributed by atoms with E-state index in [1.165, 1.54) is 41.4 Å². The Labute approximate surface area is 112 Å². The number of benzene rings is 1. The summed E-state index contributed by atoms with van der Waals surface area (Å²) in [6, 6.07) is 7.23. The Hall–Kier alpha value is -0.990. The van der Waals surface area contributed by atoms with Crippen LogP contribution in [0.3, 0.4) is 0 Å². The minimum absolute atomic E-state index is 0.630. The maximum absolute atomic E-state index is 6.38. The summed E-state index contributed by atoms with van der Waals surface area (Å²) in [6.45, 7) is 1.22. The molecule has 2 atom stereocenters. The van der Waals surface area contributed by atoms with Crippen LogP contribution in [0.25, 0.3) is 10.9 Å². The first-order valence-corrected chi connectivity index (χ1v) is 7.12. The van der Waals surface area contributed by atoms with Gasteiger partial charge in [0.15, 0.2) is 0 Å². The average Bonchev–Trinajstić information content (AvgIpc) is 2.69. The molecule has 0 radical (unpaired) electrons. The number of fused-ring (bicyclic) bond motifs is 2. The number of H-pyrrole nitrogens is 1. The Bertz CT molecular complexity index is 616. The molecule has 3 heteroatoms. The van der Waals surface area contributed by atoms with Crippen molar-refractivity contribution in [3.8, 4) is 0 Å². The van der Waals surface area contributed by atoms with E-state index in [9.17, 15) is 0 Å². The monoisotopic (exact) mass is 260 g/mol. The molecule has 2 nitrogen and oxygen atoms in total. The van der Waals surface area contributed by atoms with Gasteiger partial charge in [-0.15, -0.1) is 0 Å². The fourth-order valence-electron chi connectivity index (χ4n) is 3.91. The van der Waals surface area contributed by atoms with Gasteiger partial charge in [0.25, 0.3) is 0 Å². The molecule has 2 aromatic rings. The van der Waals surface area contributed by atoms with E-state index < -0.39 is 0 Å². The van der Waals surface area contributed by atoms with Gasteiger partial charge in [0.05, 0.1) is 0 Å². The van der Waals surface area contributed by atoms with Crippen LogP contribution >= 0.6 is 11.6 Å². The molecule has 1 aromatic heterocycles. The SMILES string of the molecule is CN1CCC[C@@H]2c3cccc4[nH]c(Cl)c(c34)C[C@H]21. The highest BCUT2D eigenvalue weighted by atomic mass is 35.5. The normalized spacial score (nSPS) is 27.4. The second kappa shape index (κ2) is 3.75. The number of nitrogens with zero attached hydrogens (tertiary/aromatic N) is 1. The number of likely N-dealkylation sites (tertiary alicyclic amines) is 1. The fraction of sp³-hybridized carbons (Fsp3) is 0.467. The van der Waals surface area contributed by atoms with Crippen molar-refractivity contribution in [1.82, 2.24) is 9.88 Å². The zero-order chi connectivity index (χ0) is 12.3. The molecule has 0 spiro atoms. The predicted molar refractivity (Wildman–Crippen MR) is 75.4 cm³/mol. The third-order valence-corrected chi connectivity index (χ3v) is 5.10. The number of rotatable bonds is 0. The Kier molecular flexibility index (Phi) is 2.27. The summed E-state index contributed by atoms with van der Waals surface area (Å²) < 4.78 is 0. The van der Waals surface area contributed by atoms with Crippen molar-refractivity contribution in [1.29, 1.82) is 0 Å². The van der Waals surface area contributed by atoms with Crippen molar-refractivity contribution in [3.63, 3.8) is 0 Å². The van der Waals surface area contributed by atoms with Crippen molar-refractivity contribution in [2.75, 3.05) is 13.6 Å². The van der Waals surface area contributed by atoms with Crippen molar-refractivity contribution in [2.24, 2.45) is 0 Å². The van der Waals surface area contributed by atoms with Gasteiger partial charge in [-0.1, -0.05) is 23.7 Å². The van der Waals surface area contributed by atoms with Gasteiger partial charge in [-0.05, 0) is 50.0 Å². The lowest BCUT2D eigenvalue weighted by Crippen LogP contribution is -2.44. The molecule has 1 aliphatic heterocycles. The van der Waals surface area contributed by atoms with E-state index in [4.69, 9.17) is 11.6 Å². The lowest BCUT2D eigenvalue weighted by atomic mass is 9.75. The van der Waals surface area contributed by atoms with Crippen LogP contribution in [0.15, 0.2) is 18.2 Å². The molecule has 0 bridgehead atoms. The van der Waals surface area contributed by atoms with E-state index in [1.807, 2.05) is 0 Å². The number of aromatic nitrogens is 1. The van der Waals surface area contributed by atoms with Crippen molar-refractivity contribution in [2.45, 2.75) is 31.2 Å². The van der Waals surface area contributed by atoms with Crippen LogP contribution in [0.4, 0.5) is 0 Å². The summed E-state index contributed by atoms with van der Waals surface area (Å²) in [7, 11) is 2.25. The van der Waals surface area contributed by atoms with E-state index in [-0.39, 0.29) is 0 Å². The van der Waals surface area contributed by atoms with Gasteiger partial charge >= 0.3 is 0 Å². The first kappa shape index (κ1) is 10.9. The molecule has 1 saturated heterocycles. The molecule has 0 amide bonds. The largest absolute Gasteiger partial charge is 0.345 e. The Morgan fingerprint density at radius 1 is 1.39 bits per heavy atom. The van der Waals surface area contributed by atoms with Crippen LogP contribution in [0.1, 0.15) is 29.9 Å². The summed E-state index contributed by atoms with van der Waals surface area (Å²) >= 11 is 6.38. The zero-order valence-corrected chi connectivity index (χ0v) is 11.3. The second-order valence-electron chi connectivity index (χ2n) is 5.69. The fourth-order valence-corrected chi connectivity index (χ4v) is 4.18. The topological polar surface area (TPSA) is 19.0 Å². The molecule has 2 aliphatic rings. The Morgan fingerprint density at radius 3 is 3.17 bits per heavy atom. The van der Waals surface area contributed by atoms with Crippen molar-refractivity contribution in [3.05, 3.63) is 34.5 Å². The Morgan fingerprint density at radius 2 is 2.28 bits per heavy atom. The van der Waals surface area contributed by atoms with Crippen molar-refractivity contribution < 1.29 is 0 Å². The number of likely N-dealkylation sites (N-methyl/N-ethyl adjacent to an activating group) is 1. The molecule has 1 aromatic carbocycles. The predicted octanol–water partition coefficient (Wildman–Crippen LogP) is 3.56. The molecule has 4 rings (SSSR count). The molecule has 2 heterocycles. The second-order valence-corrected chi connectivity index (χ2v) is 6.07. The van der Waals surface area contributed by atoms with Crippen molar-refractivity contribution >= 4 is 22.5 Å². The van der Waals surface area contributed by atoms with Gasteiger partial charge in [0, 0.05) is 22.9 Å². The standard InChI is InChI=1S/C15H17ClN2/c1-18-7-3-5-9-10-4-2-6-12-14(10)11(8-13(9)18)15(16)17-12/h2,4,6,9,13,17H,3,5,7-8H2,1H3/t9-,13-/m1/s1. The summed E-state index contributed by atoms with van der Waals surface area (Å²) in [5.41, 5.74) is 4.05. The van der Waals surface area contributed by atoms with Gasteiger partial charge in [0.1, 0.15) is 5.15 Å². The molecule has 0 saturated carbocycles. The highest BCUT2D eigenvalue weighted by Gasteiger charge is 2.36. The number of nitrogens with one attached hydrogen (secondary N) is 1. The minimum Gasteiger partial charge on any atom is -0.345 e. The van der Waals surface area contributed by atoms with E-state index >= 15 is 0 Å². The molecule has 18 heavy (non-hydrogen) atoms. The van der Waals surface area contributed by atoms with Crippen LogP contribution < -0.4 is 0 Å². The lowest BCUT2D eigenvalue weighted by Gasteiger charge is -2.42. The van der Waals surface area contributed by atoms with E-state index in [1.54, 1.807) is 0 Å². The first-order valence-electron chi connectivity index (χ1n) is 6.75. The van der Waals surface area contributed by atoms with Gasteiger partial charge in [-0.2, -0.15) is 0 Å². The molecular weight excluding hydrogens is 244 g/mol. The molecule has 94 valence electrons. The minimum atomic E-state index is 0.630. The third kappa shape index (κ3) is 1.33. The van der Waals surface area contributed by atoms with Crippen LogP contribution in [-0.4, -0.2) is 29.5 Å². The summed E-state index contributed by atoms with van der Waals surface area (Å²) in [5, 5.41) is 2.24. The third-order valence-electron chi connectivity index (χ3n) is 4.78. The van der Waals surface area contributed by atoms with Gasteiger partial charge < -0.3 is 9.88 Å². The van der Waals surface area contributed by atoms with E-state index in [2.05, 4.69) is 35.1 Å². The van der Waals surface area contributed by atoms with Gasteiger partial charge in [-0.25, -0.2) is 0 Å².